The van der Waals surface area contributed by atoms with E-state index in [1.807, 2.05) is 18.2 Å². The summed E-state index contributed by atoms with van der Waals surface area (Å²) in [6, 6.07) is 8.11. The third-order valence-corrected chi connectivity index (χ3v) is 4.71. The highest BCUT2D eigenvalue weighted by Crippen LogP contribution is 2.27. The highest BCUT2D eigenvalue weighted by atomic mass is 35.5. The molecule has 0 radical (unpaired) electrons. The Bertz CT molecular complexity index is 664. The number of ether oxygens (including phenoxy) is 1. The van der Waals surface area contributed by atoms with Crippen LogP contribution in [0.1, 0.15) is 31.1 Å². The number of benzene rings is 1. The average molecular weight is 351 g/mol. The lowest BCUT2D eigenvalue weighted by Crippen LogP contribution is -2.32. The summed E-state index contributed by atoms with van der Waals surface area (Å²) in [7, 11) is 1.62. The van der Waals surface area contributed by atoms with Crippen molar-refractivity contribution in [1.82, 2.24) is 15.0 Å². The van der Waals surface area contributed by atoms with Gasteiger partial charge < -0.3 is 14.2 Å². The van der Waals surface area contributed by atoms with Gasteiger partial charge in [0.1, 0.15) is 6.61 Å². The van der Waals surface area contributed by atoms with Crippen LogP contribution in [-0.4, -0.2) is 48.3 Å². The minimum Gasteiger partial charge on any atom is -0.377 e. The molecule has 3 rings (SSSR count). The Labute approximate surface area is 147 Å². The lowest BCUT2D eigenvalue weighted by molar-refractivity contribution is 0.172. The lowest BCUT2D eigenvalue weighted by atomic mass is 10.2. The fourth-order valence-electron chi connectivity index (χ4n) is 3.05. The summed E-state index contributed by atoms with van der Waals surface area (Å²) in [4.78, 5) is 9.14. The molecule has 6 nitrogen and oxygen atoms in total. The molecule has 1 fully saturated rings. The molecule has 0 aliphatic carbocycles. The summed E-state index contributed by atoms with van der Waals surface area (Å²) in [6.07, 6.45) is 1.06. The maximum Gasteiger partial charge on any atom is 0.243 e. The molecule has 7 heteroatoms. The van der Waals surface area contributed by atoms with Crippen molar-refractivity contribution in [3.05, 3.63) is 41.0 Å². The molecule has 1 aromatic carbocycles. The van der Waals surface area contributed by atoms with E-state index in [0.717, 1.165) is 43.3 Å². The quantitative estimate of drug-likeness (QED) is 0.825. The monoisotopic (exact) mass is 350 g/mol. The molecule has 0 unspecified atom stereocenters. The van der Waals surface area contributed by atoms with Crippen LogP contribution in [0.15, 0.2) is 28.8 Å². The molecule has 0 saturated carbocycles. The van der Waals surface area contributed by atoms with Crippen molar-refractivity contribution in [2.45, 2.75) is 26.0 Å². The van der Waals surface area contributed by atoms with Gasteiger partial charge in [0.25, 0.3) is 0 Å². The Morgan fingerprint density at radius 2 is 2.08 bits per heavy atom. The summed E-state index contributed by atoms with van der Waals surface area (Å²) in [5.74, 6) is 1.24. The first-order valence-corrected chi connectivity index (χ1v) is 8.62. The van der Waals surface area contributed by atoms with Gasteiger partial charge in [-0.2, -0.15) is 4.98 Å². The molecule has 130 valence electrons. The van der Waals surface area contributed by atoms with Crippen molar-refractivity contribution in [2.75, 3.05) is 38.2 Å². The number of rotatable bonds is 5. The van der Waals surface area contributed by atoms with E-state index in [-0.39, 0.29) is 6.04 Å². The standard InChI is InChI=1S/C17H23ClN4O2/c1-13(17-19-16(12-23-2)20-24-17)21-8-5-9-22(11-10-21)15-7-4-3-6-14(15)18/h3-4,6-7,13H,5,8-12H2,1-2H3/t13-/m1/s1. The summed E-state index contributed by atoms with van der Waals surface area (Å²) in [6.45, 7) is 6.31. The Hall–Kier alpha value is -1.63. The number of hydrogen-bond acceptors (Lipinski definition) is 6. The Morgan fingerprint density at radius 3 is 2.88 bits per heavy atom. The van der Waals surface area contributed by atoms with Gasteiger partial charge in [-0.25, -0.2) is 0 Å². The zero-order valence-electron chi connectivity index (χ0n) is 14.1. The van der Waals surface area contributed by atoms with Crippen LogP contribution in [0.3, 0.4) is 0 Å². The molecule has 1 saturated heterocycles. The molecular formula is C17H23ClN4O2. The highest BCUT2D eigenvalue weighted by molar-refractivity contribution is 6.33. The van der Waals surface area contributed by atoms with E-state index in [1.54, 1.807) is 7.11 Å². The molecule has 0 bridgehead atoms. The summed E-state index contributed by atoms with van der Waals surface area (Å²) < 4.78 is 10.4. The van der Waals surface area contributed by atoms with Gasteiger partial charge in [-0.05, 0) is 25.5 Å². The van der Waals surface area contributed by atoms with Crippen molar-refractivity contribution in [1.29, 1.82) is 0 Å². The fraction of sp³-hybridized carbons (Fsp3) is 0.529. The number of anilines is 1. The molecule has 0 N–H and O–H groups in total. The molecule has 24 heavy (non-hydrogen) atoms. The van der Waals surface area contributed by atoms with E-state index in [2.05, 4.69) is 32.9 Å². The molecule has 0 amide bonds. The second-order valence-electron chi connectivity index (χ2n) is 5.99. The Morgan fingerprint density at radius 1 is 1.25 bits per heavy atom. The Balaban J connectivity index is 1.65. The van der Waals surface area contributed by atoms with Gasteiger partial charge in [-0.1, -0.05) is 28.9 Å². The zero-order valence-corrected chi connectivity index (χ0v) is 14.9. The molecule has 0 spiro atoms. The van der Waals surface area contributed by atoms with Gasteiger partial charge in [-0.3, -0.25) is 4.90 Å². The first-order valence-electron chi connectivity index (χ1n) is 8.24. The van der Waals surface area contributed by atoms with Crippen LogP contribution in [0.5, 0.6) is 0 Å². The van der Waals surface area contributed by atoms with Gasteiger partial charge in [0.15, 0.2) is 5.82 Å². The molecule has 1 aliphatic rings. The predicted molar refractivity (Wildman–Crippen MR) is 93.3 cm³/mol. The van der Waals surface area contributed by atoms with E-state index in [9.17, 15) is 0 Å². The van der Waals surface area contributed by atoms with Gasteiger partial charge in [-0.15, -0.1) is 0 Å². The van der Waals surface area contributed by atoms with E-state index < -0.39 is 0 Å². The van der Waals surface area contributed by atoms with Crippen LogP contribution < -0.4 is 4.90 Å². The second-order valence-corrected chi connectivity index (χ2v) is 6.39. The van der Waals surface area contributed by atoms with Gasteiger partial charge in [0, 0.05) is 33.3 Å². The molecule has 1 atom stereocenters. The van der Waals surface area contributed by atoms with E-state index >= 15 is 0 Å². The smallest absolute Gasteiger partial charge is 0.243 e. The minimum absolute atomic E-state index is 0.0919. The predicted octanol–water partition coefficient (Wildman–Crippen LogP) is 3.14. The Kier molecular flexibility index (Phi) is 5.71. The van der Waals surface area contributed by atoms with Gasteiger partial charge in [0.05, 0.1) is 16.8 Å². The number of hydrogen-bond donors (Lipinski definition) is 0. The maximum atomic E-state index is 6.34. The van der Waals surface area contributed by atoms with Crippen LogP contribution in [0.4, 0.5) is 5.69 Å². The third kappa shape index (κ3) is 3.88. The number of para-hydroxylation sites is 1. The van der Waals surface area contributed by atoms with Crippen LogP contribution >= 0.6 is 11.6 Å². The van der Waals surface area contributed by atoms with E-state index in [1.165, 1.54) is 0 Å². The zero-order chi connectivity index (χ0) is 16.9. The van der Waals surface area contributed by atoms with E-state index in [4.69, 9.17) is 20.9 Å². The molecule has 1 aliphatic heterocycles. The molecule has 2 heterocycles. The number of halogens is 1. The number of nitrogens with zero attached hydrogens (tertiary/aromatic N) is 4. The third-order valence-electron chi connectivity index (χ3n) is 4.39. The highest BCUT2D eigenvalue weighted by Gasteiger charge is 2.24. The summed E-state index contributed by atoms with van der Waals surface area (Å²) in [5, 5.41) is 4.76. The van der Waals surface area contributed by atoms with Crippen molar-refractivity contribution in [2.24, 2.45) is 0 Å². The average Bonchev–Trinajstić information content (AvgIpc) is 2.91. The second kappa shape index (κ2) is 7.96. The van der Waals surface area contributed by atoms with Crippen LogP contribution in [0.2, 0.25) is 5.02 Å². The topological polar surface area (TPSA) is 54.6 Å². The number of methoxy groups -OCH3 is 1. The first kappa shape index (κ1) is 17.2. The van der Waals surface area contributed by atoms with Gasteiger partial charge >= 0.3 is 0 Å². The SMILES string of the molecule is COCc1noc([C@@H](C)N2CCCN(c3ccccc3Cl)CC2)n1. The van der Waals surface area contributed by atoms with Crippen molar-refractivity contribution < 1.29 is 9.26 Å². The van der Waals surface area contributed by atoms with Crippen molar-refractivity contribution in [3.8, 4) is 0 Å². The first-order chi connectivity index (χ1) is 11.7. The van der Waals surface area contributed by atoms with Gasteiger partial charge in [0.2, 0.25) is 5.89 Å². The molecular weight excluding hydrogens is 328 g/mol. The minimum atomic E-state index is 0.0919. The van der Waals surface area contributed by atoms with Crippen LogP contribution in [-0.2, 0) is 11.3 Å². The van der Waals surface area contributed by atoms with E-state index in [0.29, 0.717) is 18.3 Å². The summed E-state index contributed by atoms with van der Waals surface area (Å²) >= 11 is 6.34. The van der Waals surface area contributed by atoms with Crippen LogP contribution in [0.25, 0.3) is 0 Å². The largest absolute Gasteiger partial charge is 0.377 e. The molecule has 2 aromatic rings. The summed E-state index contributed by atoms with van der Waals surface area (Å²) in [5.41, 5.74) is 1.11. The van der Waals surface area contributed by atoms with Crippen molar-refractivity contribution in [3.63, 3.8) is 0 Å². The van der Waals surface area contributed by atoms with Crippen molar-refractivity contribution >= 4 is 17.3 Å². The normalized spacial score (nSPS) is 17.7. The lowest BCUT2D eigenvalue weighted by Gasteiger charge is -2.26. The van der Waals surface area contributed by atoms with Crippen LogP contribution in [0, 0.1) is 0 Å². The molecule has 1 aromatic heterocycles. The number of aromatic nitrogens is 2. The maximum absolute atomic E-state index is 6.34. The fourth-order valence-corrected chi connectivity index (χ4v) is 3.31.